The van der Waals surface area contributed by atoms with Crippen molar-refractivity contribution >= 4 is 46.1 Å². The van der Waals surface area contributed by atoms with Crippen molar-refractivity contribution in [3.63, 3.8) is 0 Å². The third-order valence-electron chi connectivity index (χ3n) is 5.58. The zero-order valence-electron chi connectivity index (χ0n) is 19.5. The number of amides is 1. The number of hydrogen-bond donors (Lipinski definition) is 2. The zero-order chi connectivity index (χ0) is 25.5. The third-order valence-corrected chi connectivity index (χ3v) is 6.11. The summed E-state index contributed by atoms with van der Waals surface area (Å²) in [7, 11) is 1.50. The van der Waals surface area contributed by atoms with Crippen LogP contribution in [0.5, 0.6) is 11.5 Å². The molecule has 0 aliphatic heterocycles. The van der Waals surface area contributed by atoms with Crippen LogP contribution in [0.15, 0.2) is 72.4 Å². The number of ether oxygens (including phenoxy) is 2. The molecular formula is C28H23Cl2N3O3. The number of nitrogens with zero attached hydrogens (tertiary/aromatic N) is 1. The molecule has 0 bridgehead atoms. The van der Waals surface area contributed by atoms with E-state index in [1.54, 1.807) is 24.3 Å². The number of aromatic nitrogens is 1. The van der Waals surface area contributed by atoms with Crippen LogP contribution < -0.4 is 14.8 Å². The van der Waals surface area contributed by atoms with Crippen LogP contribution in [0, 0.1) is 11.3 Å². The summed E-state index contributed by atoms with van der Waals surface area (Å²) in [5.41, 5.74) is 3.56. The molecule has 1 heterocycles. The van der Waals surface area contributed by atoms with Gasteiger partial charge in [0.15, 0.2) is 11.5 Å². The molecule has 0 fully saturated rings. The second-order valence-corrected chi connectivity index (χ2v) is 8.83. The van der Waals surface area contributed by atoms with Gasteiger partial charge in [0.1, 0.15) is 18.2 Å². The van der Waals surface area contributed by atoms with Gasteiger partial charge in [-0.3, -0.25) is 4.79 Å². The molecule has 0 aliphatic carbocycles. The monoisotopic (exact) mass is 519 g/mol. The number of halogens is 2. The number of aromatic amines is 1. The van der Waals surface area contributed by atoms with Gasteiger partial charge in [-0.05, 0) is 59.5 Å². The molecule has 0 spiro atoms. The van der Waals surface area contributed by atoms with E-state index in [9.17, 15) is 10.1 Å². The molecule has 0 radical (unpaired) electrons. The Morgan fingerprint density at radius 1 is 1.14 bits per heavy atom. The van der Waals surface area contributed by atoms with E-state index in [-0.39, 0.29) is 12.2 Å². The highest BCUT2D eigenvalue weighted by Gasteiger charge is 2.15. The van der Waals surface area contributed by atoms with Crippen molar-refractivity contribution in [2.24, 2.45) is 0 Å². The van der Waals surface area contributed by atoms with Crippen LogP contribution in [0.1, 0.15) is 16.7 Å². The van der Waals surface area contributed by atoms with Crippen molar-refractivity contribution in [3.05, 3.63) is 99.2 Å². The summed E-state index contributed by atoms with van der Waals surface area (Å²) in [6.45, 7) is 0.659. The summed E-state index contributed by atoms with van der Waals surface area (Å²) in [4.78, 5) is 15.9. The highest BCUT2D eigenvalue weighted by molar-refractivity contribution is 6.32. The van der Waals surface area contributed by atoms with Gasteiger partial charge < -0.3 is 19.8 Å². The first-order valence-electron chi connectivity index (χ1n) is 11.2. The molecule has 0 unspecified atom stereocenters. The maximum Gasteiger partial charge on any atom is 0.261 e. The SMILES string of the molecule is COc1cc(/C=C(/C#N)C(=O)NCCc2c[nH]c3ccccc23)cc(Cl)c1OCc1ccc(Cl)cc1. The molecule has 8 heteroatoms. The van der Waals surface area contributed by atoms with Gasteiger partial charge in [-0.15, -0.1) is 0 Å². The maximum atomic E-state index is 12.7. The molecule has 6 nitrogen and oxygen atoms in total. The Hall–Kier alpha value is -3.92. The van der Waals surface area contributed by atoms with E-state index in [1.807, 2.05) is 48.7 Å². The lowest BCUT2D eigenvalue weighted by atomic mass is 10.1. The Kier molecular flexibility index (Phi) is 8.17. The Labute approximate surface area is 219 Å². The topological polar surface area (TPSA) is 87.1 Å². The summed E-state index contributed by atoms with van der Waals surface area (Å²) >= 11 is 12.4. The van der Waals surface area contributed by atoms with E-state index in [1.165, 1.54) is 13.2 Å². The lowest BCUT2D eigenvalue weighted by molar-refractivity contribution is -0.117. The minimum Gasteiger partial charge on any atom is -0.493 e. The molecule has 182 valence electrons. The molecule has 4 rings (SSSR count). The highest BCUT2D eigenvalue weighted by Crippen LogP contribution is 2.37. The predicted octanol–water partition coefficient (Wildman–Crippen LogP) is 6.33. The Balaban J connectivity index is 1.43. The van der Waals surface area contributed by atoms with Crippen LogP contribution in [0.2, 0.25) is 10.0 Å². The molecule has 4 aromatic rings. The summed E-state index contributed by atoms with van der Waals surface area (Å²) in [5, 5.41) is 14.4. The number of rotatable bonds is 9. The molecule has 0 saturated carbocycles. The predicted molar refractivity (Wildman–Crippen MR) is 142 cm³/mol. The molecule has 0 atom stereocenters. The van der Waals surface area contributed by atoms with Gasteiger partial charge in [-0.2, -0.15) is 5.26 Å². The Morgan fingerprint density at radius 3 is 2.67 bits per heavy atom. The molecule has 0 saturated heterocycles. The third kappa shape index (κ3) is 6.01. The van der Waals surface area contributed by atoms with Crippen molar-refractivity contribution in [3.8, 4) is 17.6 Å². The normalized spacial score (nSPS) is 11.2. The number of nitriles is 1. The smallest absolute Gasteiger partial charge is 0.261 e. The number of hydrogen-bond acceptors (Lipinski definition) is 4. The number of carbonyl (C=O) groups is 1. The van der Waals surface area contributed by atoms with Crippen LogP contribution in [0.4, 0.5) is 0 Å². The van der Waals surface area contributed by atoms with Gasteiger partial charge in [0, 0.05) is 28.7 Å². The molecule has 1 amide bonds. The van der Waals surface area contributed by atoms with Crippen molar-refractivity contribution in [2.75, 3.05) is 13.7 Å². The van der Waals surface area contributed by atoms with Gasteiger partial charge in [-0.25, -0.2) is 0 Å². The Bertz CT molecular complexity index is 1450. The summed E-state index contributed by atoms with van der Waals surface area (Å²) in [6.07, 6.45) is 4.04. The molecule has 2 N–H and O–H groups in total. The largest absolute Gasteiger partial charge is 0.493 e. The lowest BCUT2D eigenvalue weighted by Crippen LogP contribution is -2.26. The van der Waals surface area contributed by atoms with E-state index in [0.29, 0.717) is 40.1 Å². The zero-order valence-corrected chi connectivity index (χ0v) is 21.0. The van der Waals surface area contributed by atoms with Gasteiger partial charge in [0.05, 0.1) is 12.1 Å². The highest BCUT2D eigenvalue weighted by atomic mass is 35.5. The first-order chi connectivity index (χ1) is 17.5. The first-order valence-corrected chi connectivity index (χ1v) is 11.9. The van der Waals surface area contributed by atoms with E-state index >= 15 is 0 Å². The lowest BCUT2D eigenvalue weighted by Gasteiger charge is -2.14. The van der Waals surface area contributed by atoms with Crippen molar-refractivity contribution in [1.29, 1.82) is 5.26 Å². The van der Waals surface area contributed by atoms with Crippen molar-refractivity contribution in [2.45, 2.75) is 13.0 Å². The van der Waals surface area contributed by atoms with Crippen LogP contribution in [0.25, 0.3) is 17.0 Å². The minimum absolute atomic E-state index is 0.0399. The number of nitrogens with one attached hydrogen (secondary N) is 2. The Morgan fingerprint density at radius 2 is 1.92 bits per heavy atom. The average molecular weight is 520 g/mol. The van der Waals surface area contributed by atoms with E-state index in [2.05, 4.69) is 10.3 Å². The average Bonchev–Trinajstić information content (AvgIpc) is 3.30. The fourth-order valence-electron chi connectivity index (χ4n) is 3.76. The van der Waals surface area contributed by atoms with Crippen LogP contribution in [0.3, 0.4) is 0 Å². The van der Waals surface area contributed by atoms with Gasteiger partial charge >= 0.3 is 0 Å². The van der Waals surface area contributed by atoms with Crippen LogP contribution >= 0.6 is 23.2 Å². The number of para-hydroxylation sites is 1. The van der Waals surface area contributed by atoms with Gasteiger partial charge in [0.2, 0.25) is 0 Å². The molecule has 3 aromatic carbocycles. The van der Waals surface area contributed by atoms with Gasteiger partial charge in [-0.1, -0.05) is 53.5 Å². The summed E-state index contributed by atoms with van der Waals surface area (Å²) in [6, 6.07) is 20.5. The first kappa shape index (κ1) is 25.2. The second-order valence-electron chi connectivity index (χ2n) is 7.98. The fourth-order valence-corrected chi connectivity index (χ4v) is 4.16. The number of methoxy groups -OCH3 is 1. The van der Waals surface area contributed by atoms with Crippen LogP contribution in [-0.2, 0) is 17.8 Å². The minimum atomic E-state index is -0.463. The number of benzene rings is 3. The number of fused-ring (bicyclic) bond motifs is 1. The molecular weight excluding hydrogens is 497 g/mol. The quantitative estimate of drug-likeness (QED) is 0.200. The maximum absolute atomic E-state index is 12.7. The number of H-pyrrole nitrogens is 1. The van der Waals surface area contributed by atoms with Crippen LogP contribution in [-0.4, -0.2) is 24.5 Å². The standard InChI is InChI=1S/C28H23Cl2N3O3/c1-35-26-14-19(13-24(30)27(26)36-17-18-6-8-22(29)9-7-18)12-21(15-31)28(34)32-11-10-20-16-33-25-5-3-2-4-23(20)25/h2-9,12-14,16,33H,10-11,17H2,1H3,(H,32,34)/b21-12-. The molecule has 0 aliphatic rings. The molecule has 1 aromatic heterocycles. The molecule has 36 heavy (non-hydrogen) atoms. The fraction of sp³-hybridized carbons (Fsp3) is 0.143. The summed E-state index contributed by atoms with van der Waals surface area (Å²) in [5.74, 6) is 0.295. The van der Waals surface area contributed by atoms with Crippen molar-refractivity contribution in [1.82, 2.24) is 10.3 Å². The van der Waals surface area contributed by atoms with E-state index < -0.39 is 5.91 Å². The summed E-state index contributed by atoms with van der Waals surface area (Å²) < 4.78 is 11.3. The second kappa shape index (κ2) is 11.7. The number of carbonyl (C=O) groups excluding carboxylic acids is 1. The van der Waals surface area contributed by atoms with Crippen molar-refractivity contribution < 1.29 is 14.3 Å². The van der Waals surface area contributed by atoms with E-state index in [0.717, 1.165) is 22.0 Å². The van der Waals surface area contributed by atoms with E-state index in [4.69, 9.17) is 32.7 Å². The van der Waals surface area contributed by atoms with Gasteiger partial charge in [0.25, 0.3) is 5.91 Å².